The Hall–Kier alpha value is -1.30. The topological polar surface area (TPSA) is 48.1 Å². The van der Waals surface area contributed by atoms with E-state index in [0.717, 1.165) is 0 Å². The van der Waals surface area contributed by atoms with Crippen molar-refractivity contribution in [2.24, 2.45) is 5.73 Å². The van der Waals surface area contributed by atoms with Crippen molar-refractivity contribution in [3.63, 3.8) is 0 Å². The highest BCUT2D eigenvalue weighted by Gasteiger charge is 2.28. The van der Waals surface area contributed by atoms with E-state index in [1.54, 1.807) is 6.92 Å². The number of pyridine rings is 1. The Labute approximate surface area is 85.1 Å². The van der Waals surface area contributed by atoms with Crippen LogP contribution in [0.3, 0.4) is 0 Å². The van der Waals surface area contributed by atoms with Gasteiger partial charge in [0.05, 0.1) is 11.9 Å². The molecule has 0 aliphatic heterocycles. The lowest BCUT2D eigenvalue weighted by molar-refractivity contribution is -0.153. The molecular weight excluding hydrogens is 209 g/mol. The zero-order valence-corrected chi connectivity index (χ0v) is 8.08. The quantitative estimate of drug-likeness (QED) is 0.847. The first-order valence-corrected chi connectivity index (χ1v) is 4.29. The Morgan fingerprint density at radius 1 is 1.47 bits per heavy atom. The van der Waals surface area contributed by atoms with Gasteiger partial charge in [-0.2, -0.15) is 13.2 Å². The maximum absolute atomic E-state index is 11.8. The third-order valence-corrected chi connectivity index (χ3v) is 1.63. The van der Waals surface area contributed by atoms with E-state index in [9.17, 15) is 13.2 Å². The molecule has 1 atom stereocenters. The molecule has 1 aromatic heterocycles. The molecule has 0 aliphatic carbocycles. The average Bonchev–Trinajstić information content (AvgIpc) is 2.14. The number of halogens is 3. The first-order chi connectivity index (χ1) is 6.88. The fourth-order valence-electron chi connectivity index (χ4n) is 0.912. The van der Waals surface area contributed by atoms with Gasteiger partial charge in [0.2, 0.25) is 0 Å². The third kappa shape index (κ3) is 4.16. The molecule has 0 spiro atoms. The number of rotatable bonds is 3. The van der Waals surface area contributed by atoms with Crippen LogP contribution in [0, 0.1) is 0 Å². The van der Waals surface area contributed by atoms with Crippen molar-refractivity contribution in [3.8, 4) is 5.75 Å². The predicted molar refractivity (Wildman–Crippen MR) is 48.4 cm³/mol. The molecule has 0 radical (unpaired) electrons. The van der Waals surface area contributed by atoms with Gasteiger partial charge in [-0.1, -0.05) is 0 Å². The molecular formula is C9H11F3N2O. The summed E-state index contributed by atoms with van der Waals surface area (Å²) >= 11 is 0. The van der Waals surface area contributed by atoms with E-state index in [1.165, 1.54) is 18.3 Å². The van der Waals surface area contributed by atoms with Gasteiger partial charge in [0, 0.05) is 6.04 Å². The summed E-state index contributed by atoms with van der Waals surface area (Å²) in [6.07, 6.45) is -3.11. The Kier molecular flexibility index (Phi) is 3.52. The molecule has 3 nitrogen and oxygen atoms in total. The first-order valence-electron chi connectivity index (χ1n) is 4.29. The van der Waals surface area contributed by atoms with E-state index in [4.69, 9.17) is 5.73 Å². The van der Waals surface area contributed by atoms with E-state index >= 15 is 0 Å². The highest BCUT2D eigenvalue weighted by molar-refractivity contribution is 5.21. The average molecular weight is 220 g/mol. The van der Waals surface area contributed by atoms with Crippen molar-refractivity contribution in [1.29, 1.82) is 0 Å². The van der Waals surface area contributed by atoms with Crippen LogP contribution in [0.15, 0.2) is 18.3 Å². The highest BCUT2D eigenvalue weighted by Crippen LogP contribution is 2.18. The van der Waals surface area contributed by atoms with Gasteiger partial charge in [-0.05, 0) is 19.1 Å². The van der Waals surface area contributed by atoms with E-state index in [1.807, 2.05) is 0 Å². The Morgan fingerprint density at radius 2 is 2.13 bits per heavy atom. The lowest BCUT2D eigenvalue weighted by atomic mass is 10.2. The molecule has 15 heavy (non-hydrogen) atoms. The minimum absolute atomic E-state index is 0.0803. The Morgan fingerprint density at radius 3 is 2.53 bits per heavy atom. The largest absolute Gasteiger partial charge is 0.483 e. The zero-order valence-electron chi connectivity index (χ0n) is 8.08. The maximum atomic E-state index is 11.8. The summed E-state index contributed by atoms with van der Waals surface area (Å²) in [5.41, 5.74) is 6.13. The number of alkyl halides is 3. The van der Waals surface area contributed by atoms with Gasteiger partial charge in [0.15, 0.2) is 6.61 Å². The molecule has 0 saturated carbocycles. The first kappa shape index (κ1) is 11.8. The number of ether oxygens (including phenoxy) is 1. The predicted octanol–water partition coefficient (Wildman–Crippen LogP) is 2.04. The number of hydrogen-bond donors (Lipinski definition) is 1. The normalized spacial score (nSPS) is 13.7. The summed E-state index contributed by atoms with van der Waals surface area (Å²) < 4.78 is 39.8. The molecule has 0 fully saturated rings. The number of nitrogens with zero attached hydrogens (tertiary/aromatic N) is 1. The van der Waals surface area contributed by atoms with Crippen LogP contribution in [0.2, 0.25) is 0 Å². The van der Waals surface area contributed by atoms with Gasteiger partial charge in [0.1, 0.15) is 5.75 Å². The van der Waals surface area contributed by atoms with Crippen molar-refractivity contribution in [2.75, 3.05) is 6.61 Å². The second kappa shape index (κ2) is 4.48. The molecule has 1 aromatic rings. The molecule has 0 amide bonds. The standard InChI is InChI=1S/C9H11F3N2O/c1-6(13)8-3-2-7(4-14-8)15-5-9(10,11)12/h2-4,6H,5,13H2,1H3. The Bertz CT molecular complexity index is 308. The molecule has 0 aromatic carbocycles. The monoisotopic (exact) mass is 220 g/mol. The molecule has 2 N–H and O–H groups in total. The third-order valence-electron chi connectivity index (χ3n) is 1.63. The van der Waals surface area contributed by atoms with Crippen molar-refractivity contribution in [3.05, 3.63) is 24.0 Å². The van der Waals surface area contributed by atoms with Crippen LogP contribution in [0.25, 0.3) is 0 Å². The lowest BCUT2D eigenvalue weighted by Crippen LogP contribution is -2.19. The summed E-state index contributed by atoms with van der Waals surface area (Å²) in [7, 11) is 0. The summed E-state index contributed by atoms with van der Waals surface area (Å²) in [5.74, 6) is 0.0803. The maximum Gasteiger partial charge on any atom is 0.422 e. The van der Waals surface area contributed by atoms with Gasteiger partial charge in [-0.3, -0.25) is 4.98 Å². The van der Waals surface area contributed by atoms with E-state index in [-0.39, 0.29) is 11.8 Å². The van der Waals surface area contributed by atoms with E-state index in [0.29, 0.717) is 5.69 Å². The molecule has 1 rings (SSSR count). The molecule has 0 saturated heterocycles. The van der Waals surface area contributed by atoms with Crippen LogP contribution in [-0.4, -0.2) is 17.8 Å². The number of hydrogen-bond acceptors (Lipinski definition) is 3. The summed E-state index contributed by atoms with van der Waals surface area (Å²) in [6.45, 7) is 0.421. The minimum Gasteiger partial charge on any atom is -0.483 e. The van der Waals surface area contributed by atoms with Crippen LogP contribution in [0.4, 0.5) is 13.2 Å². The van der Waals surface area contributed by atoms with Gasteiger partial charge >= 0.3 is 6.18 Å². The van der Waals surface area contributed by atoms with Crippen molar-refractivity contribution < 1.29 is 17.9 Å². The van der Waals surface area contributed by atoms with Gasteiger partial charge in [-0.15, -0.1) is 0 Å². The van der Waals surface area contributed by atoms with Crippen molar-refractivity contribution in [2.45, 2.75) is 19.1 Å². The molecule has 6 heteroatoms. The van der Waals surface area contributed by atoms with Gasteiger partial charge < -0.3 is 10.5 Å². The van der Waals surface area contributed by atoms with Crippen LogP contribution in [-0.2, 0) is 0 Å². The molecule has 0 bridgehead atoms. The second-order valence-corrected chi connectivity index (χ2v) is 3.11. The van der Waals surface area contributed by atoms with Crippen LogP contribution in [0.1, 0.15) is 18.7 Å². The molecule has 0 aliphatic rings. The van der Waals surface area contributed by atoms with Crippen LogP contribution in [0.5, 0.6) is 5.75 Å². The molecule has 1 heterocycles. The zero-order chi connectivity index (χ0) is 11.5. The van der Waals surface area contributed by atoms with E-state index < -0.39 is 12.8 Å². The summed E-state index contributed by atoms with van der Waals surface area (Å²) in [4.78, 5) is 3.86. The molecule has 1 unspecified atom stereocenters. The smallest absolute Gasteiger partial charge is 0.422 e. The summed E-state index contributed by atoms with van der Waals surface area (Å²) in [6, 6.07) is 2.70. The number of nitrogens with two attached hydrogens (primary N) is 1. The molecule has 84 valence electrons. The minimum atomic E-state index is -4.33. The SMILES string of the molecule is CC(N)c1ccc(OCC(F)(F)F)cn1. The van der Waals surface area contributed by atoms with Crippen LogP contribution >= 0.6 is 0 Å². The lowest BCUT2D eigenvalue weighted by Gasteiger charge is -2.09. The van der Waals surface area contributed by atoms with Gasteiger partial charge in [0.25, 0.3) is 0 Å². The Balaban J connectivity index is 2.57. The van der Waals surface area contributed by atoms with E-state index in [2.05, 4.69) is 9.72 Å². The van der Waals surface area contributed by atoms with Crippen molar-refractivity contribution in [1.82, 2.24) is 4.98 Å². The van der Waals surface area contributed by atoms with Gasteiger partial charge in [-0.25, -0.2) is 0 Å². The van der Waals surface area contributed by atoms with Crippen LogP contribution < -0.4 is 10.5 Å². The fraction of sp³-hybridized carbons (Fsp3) is 0.444. The second-order valence-electron chi connectivity index (χ2n) is 3.11. The summed E-state index contributed by atoms with van der Waals surface area (Å²) in [5, 5.41) is 0. The highest BCUT2D eigenvalue weighted by atomic mass is 19.4. The van der Waals surface area contributed by atoms with Crippen molar-refractivity contribution >= 4 is 0 Å². The fourth-order valence-corrected chi connectivity index (χ4v) is 0.912. The number of aromatic nitrogens is 1.